The minimum absolute atomic E-state index is 0.311. The molecule has 122 valence electrons. The van der Waals surface area contributed by atoms with Crippen molar-refractivity contribution in [2.75, 3.05) is 10.6 Å². The maximum atomic E-state index is 13.2. The van der Waals surface area contributed by atoms with Crippen molar-refractivity contribution < 1.29 is 4.39 Å². The van der Waals surface area contributed by atoms with Crippen molar-refractivity contribution in [1.82, 2.24) is 9.78 Å². The predicted molar refractivity (Wildman–Crippen MR) is 98.8 cm³/mol. The van der Waals surface area contributed by atoms with E-state index in [9.17, 15) is 4.39 Å². The lowest BCUT2D eigenvalue weighted by molar-refractivity contribution is 0.628. The smallest absolute Gasteiger partial charge is 0.175 e. The Morgan fingerprint density at radius 2 is 1.88 bits per heavy atom. The minimum Gasteiger partial charge on any atom is -0.332 e. The van der Waals surface area contributed by atoms with Crippen LogP contribution in [0.15, 0.2) is 60.9 Å². The van der Waals surface area contributed by atoms with Crippen LogP contribution in [0.5, 0.6) is 0 Å². The lowest BCUT2D eigenvalue weighted by Gasteiger charge is -2.08. The highest BCUT2D eigenvalue weighted by molar-refractivity contribution is 7.80. The van der Waals surface area contributed by atoms with Crippen molar-refractivity contribution in [1.29, 1.82) is 0 Å². The molecule has 0 aliphatic heterocycles. The Balaban J connectivity index is 1.59. The molecule has 2 aromatic carbocycles. The molecule has 0 fully saturated rings. The summed E-state index contributed by atoms with van der Waals surface area (Å²) in [5.74, 6) is -0.311. The SMILES string of the molecule is Cc1ccc(Cn2cc(NC(=S)Nc3cccc(F)c3)cn2)cc1. The van der Waals surface area contributed by atoms with Gasteiger partial charge in [0.15, 0.2) is 5.11 Å². The number of anilines is 2. The van der Waals surface area contributed by atoms with E-state index in [1.54, 1.807) is 18.3 Å². The predicted octanol–water partition coefficient (Wildman–Crippen LogP) is 4.19. The summed E-state index contributed by atoms with van der Waals surface area (Å²) in [6.45, 7) is 2.75. The summed E-state index contributed by atoms with van der Waals surface area (Å²) in [6, 6.07) is 14.5. The van der Waals surface area contributed by atoms with E-state index in [2.05, 4.69) is 46.9 Å². The number of nitrogens with zero attached hydrogens (tertiary/aromatic N) is 2. The average Bonchev–Trinajstić information content (AvgIpc) is 2.96. The van der Waals surface area contributed by atoms with Gasteiger partial charge >= 0.3 is 0 Å². The molecular weight excluding hydrogens is 323 g/mol. The van der Waals surface area contributed by atoms with Crippen molar-refractivity contribution in [3.63, 3.8) is 0 Å². The van der Waals surface area contributed by atoms with E-state index in [0.717, 1.165) is 5.69 Å². The first kappa shape index (κ1) is 16.1. The molecule has 0 spiro atoms. The van der Waals surface area contributed by atoms with Gasteiger partial charge in [0.05, 0.1) is 18.4 Å². The quantitative estimate of drug-likeness (QED) is 0.699. The maximum absolute atomic E-state index is 13.2. The highest BCUT2D eigenvalue weighted by Gasteiger charge is 2.03. The van der Waals surface area contributed by atoms with Crippen LogP contribution in [0, 0.1) is 12.7 Å². The fraction of sp³-hybridized carbons (Fsp3) is 0.111. The molecule has 0 saturated heterocycles. The van der Waals surface area contributed by atoms with Crippen molar-refractivity contribution in [2.24, 2.45) is 0 Å². The van der Waals surface area contributed by atoms with Gasteiger partial charge in [-0.3, -0.25) is 4.68 Å². The highest BCUT2D eigenvalue weighted by atomic mass is 32.1. The summed E-state index contributed by atoms with van der Waals surface area (Å²) >= 11 is 5.23. The zero-order valence-corrected chi connectivity index (χ0v) is 14.0. The summed E-state index contributed by atoms with van der Waals surface area (Å²) in [5, 5.41) is 10.7. The van der Waals surface area contributed by atoms with E-state index in [-0.39, 0.29) is 5.82 Å². The Bertz CT molecular complexity index is 842. The van der Waals surface area contributed by atoms with Crippen LogP contribution in [0.1, 0.15) is 11.1 Å². The molecule has 0 saturated carbocycles. The first-order valence-electron chi connectivity index (χ1n) is 7.50. The zero-order valence-electron chi connectivity index (χ0n) is 13.2. The molecule has 24 heavy (non-hydrogen) atoms. The Labute approximate surface area is 145 Å². The molecule has 0 amide bonds. The number of rotatable bonds is 4. The van der Waals surface area contributed by atoms with E-state index in [1.165, 1.54) is 23.3 Å². The molecule has 2 N–H and O–H groups in total. The van der Waals surface area contributed by atoms with Gasteiger partial charge < -0.3 is 10.6 Å². The van der Waals surface area contributed by atoms with E-state index < -0.39 is 0 Å². The van der Waals surface area contributed by atoms with Crippen LogP contribution in [0.4, 0.5) is 15.8 Å². The van der Waals surface area contributed by atoms with Crippen LogP contribution in [-0.2, 0) is 6.54 Å². The van der Waals surface area contributed by atoms with Gasteiger partial charge in [-0.05, 0) is 42.9 Å². The Kier molecular flexibility index (Phi) is 4.86. The molecule has 3 aromatic rings. The second kappa shape index (κ2) is 7.23. The van der Waals surface area contributed by atoms with E-state index in [0.29, 0.717) is 17.3 Å². The van der Waals surface area contributed by atoms with Crippen LogP contribution >= 0.6 is 12.2 Å². The Hall–Kier alpha value is -2.73. The molecule has 0 bridgehead atoms. The second-order valence-corrected chi connectivity index (χ2v) is 5.91. The third-order valence-corrected chi connectivity index (χ3v) is 3.64. The fourth-order valence-corrected chi connectivity index (χ4v) is 2.49. The number of benzene rings is 2. The largest absolute Gasteiger partial charge is 0.332 e. The second-order valence-electron chi connectivity index (χ2n) is 5.50. The number of hydrogen-bond acceptors (Lipinski definition) is 2. The van der Waals surface area contributed by atoms with Gasteiger partial charge in [-0.15, -0.1) is 0 Å². The van der Waals surface area contributed by atoms with E-state index >= 15 is 0 Å². The van der Waals surface area contributed by atoms with Crippen molar-refractivity contribution in [2.45, 2.75) is 13.5 Å². The monoisotopic (exact) mass is 340 g/mol. The summed E-state index contributed by atoms with van der Waals surface area (Å²) in [4.78, 5) is 0. The molecule has 0 unspecified atom stereocenters. The average molecular weight is 340 g/mol. The molecule has 0 aliphatic rings. The standard InChI is InChI=1S/C18H17FN4S/c1-13-5-7-14(8-6-13)11-23-12-17(10-20-23)22-18(24)21-16-4-2-3-15(19)9-16/h2-10,12H,11H2,1H3,(H2,21,22,24). The third-order valence-electron chi connectivity index (χ3n) is 3.44. The molecule has 0 aliphatic carbocycles. The normalized spacial score (nSPS) is 10.4. The number of halogens is 1. The topological polar surface area (TPSA) is 41.9 Å². The molecule has 3 rings (SSSR count). The molecule has 6 heteroatoms. The van der Waals surface area contributed by atoms with Crippen molar-refractivity contribution in [3.8, 4) is 0 Å². The lowest BCUT2D eigenvalue weighted by Crippen LogP contribution is -2.18. The molecule has 0 atom stereocenters. The van der Waals surface area contributed by atoms with Gasteiger partial charge in [0.2, 0.25) is 0 Å². The number of nitrogens with one attached hydrogen (secondary N) is 2. The van der Waals surface area contributed by atoms with Gasteiger partial charge in [0.1, 0.15) is 5.82 Å². The minimum atomic E-state index is -0.311. The van der Waals surface area contributed by atoms with Gasteiger partial charge in [-0.1, -0.05) is 35.9 Å². The Morgan fingerprint density at radius 1 is 1.12 bits per heavy atom. The van der Waals surface area contributed by atoms with Crippen LogP contribution < -0.4 is 10.6 Å². The number of aromatic nitrogens is 2. The molecular formula is C18H17FN4S. The van der Waals surface area contributed by atoms with Gasteiger partial charge in [0.25, 0.3) is 0 Å². The first-order valence-corrected chi connectivity index (χ1v) is 7.91. The summed E-state index contributed by atoms with van der Waals surface area (Å²) in [7, 11) is 0. The summed E-state index contributed by atoms with van der Waals surface area (Å²) < 4.78 is 15.0. The van der Waals surface area contributed by atoms with Gasteiger partial charge in [-0.2, -0.15) is 5.10 Å². The maximum Gasteiger partial charge on any atom is 0.175 e. The molecule has 1 aromatic heterocycles. The van der Waals surface area contributed by atoms with Crippen LogP contribution in [0.2, 0.25) is 0 Å². The summed E-state index contributed by atoms with van der Waals surface area (Å²) in [6.07, 6.45) is 3.58. The lowest BCUT2D eigenvalue weighted by atomic mass is 10.1. The van der Waals surface area contributed by atoms with Crippen molar-refractivity contribution in [3.05, 3.63) is 77.9 Å². The highest BCUT2D eigenvalue weighted by Crippen LogP contribution is 2.12. The van der Waals surface area contributed by atoms with Gasteiger partial charge in [0, 0.05) is 11.9 Å². The Morgan fingerprint density at radius 3 is 2.62 bits per heavy atom. The molecule has 1 heterocycles. The number of aryl methyl sites for hydroxylation is 1. The number of hydrogen-bond donors (Lipinski definition) is 2. The molecule has 4 nitrogen and oxygen atoms in total. The first-order chi connectivity index (χ1) is 11.6. The number of thiocarbonyl (C=S) groups is 1. The fourth-order valence-electron chi connectivity index (χ4n) is 2.25. The zero-order chi connectivity index (χ0) is 16.9. The van der Waals surface area contributed by atoms with E-state index in [4.69, 9.17) is 12.2 Å². The third kappa shape index (κ3) is 4.39. The van der Waals surface area contributed by atoms with Crippen LogP contribution in [0.3, 0.4) is 0 Å². The van der Waals surface area contributed by atoms with Gasteiger partial charge in [-0.25, -0.2) is 4.39 Å². The van der Waals surface area contributed by atoms with E-state index in [1.807, 2.05) is 10.9 Å². The van der Waals surface area contributed by atoms with Crippen molar-refractivity contribution >= 4 is 28.7 Å². The van der Waals surface area contributed by atoms with Crippen LogP contribution in [-0.4, -0.2) is 14.9 Å². The summed E-state index contributed by atoms with van der Waals surface area (Å²) in [5.41, 5.74) is 3.78. The van der Waals surface area contributed by atoms with Crippen LogP contribution in [0.25, 0.3) is 0 Å². The molecule has 0 radical (unpaired) electrons.